The molecule has 2 fully saturated rings. The number of nitrogens with zero attached hydrogens (tertiary/aromatic N) is 2. The zero-order valence-electron chi connectivity index (χ0n) is 15.5. The largest absolute Gasteiger partial charge is 0.490 e. The molecule has 140 valence electrons. The van der Waals surface area contributed by atoms with Gasteiger partial charge in [0.15, 0.2) is 0 Å². The number of hydrogen-bond donors (Lipinski definition) is 0. The highest BCUT2D eigenvalue weighted by molar-refractivity contribution is 7.15. The summed E-state index contributed by atoms with van der Waals surface area (Å²) >= 11 is 1.75. The summed E-state index contributed by atoms with van der Waals surface area (Å²) in [5.41, 5.74) is 3.49. The Morgan fingerprint density at radius 1 is 1.04 bits per heavy atom. The number of rotatable bonds is 4. The highest BCUT2D eigenvalue weighted by Crippen LogP contribution is 2.36. The third-order valence-electron chi connectivity index (χ3n) is 4.90. The molecule has 0 unspecified atom stereocenters. The molecule has 0 bridgehead atoms. The number of thiazole rings is 1. The van der Waals surface area contributed by atoms with Gasteiger partial charge in [0.25, 0.3) is 0 Å². The summed E-state index contributed by atoms with van der Waals surface area (Å²) in [5.74, 6) is 0.946. The lowest BCUT2D eigenvalue weighted by molar-refractivity contribution is 0.0256. The Bertz CT molecular complexity index is 750. The second-order valence-electron chi connectivity index (χ2n) is 6.89. The second-order valence-corrected chi connectivity index (χ2v) is 8.10. The third kappa shape index (κ3) is 4.03. The highest BCUT2D eigenvalue weighted by Gasteiger charge is 2.19. The van der Waals surface area contributed by atoms with Crippen LogP contribution in [0.2, 0.25) is 0 Å². The quantitative estimate of drug-likeness (QED) is 0.814. The summed E-state index contributed by atoms with van der Waals surface area (Å²) in [6, 6.07) is 6.61. The molecule has 2 aliphatic rings. The number of anilines is 1. The number of aryl methyl sites for hydroxylation is 2. The molecule has 4 rings (SSSR count). The molecule has 1 aromatic heterocycles. The molecule has 2 aliphatic heterocycles. The van der Waals surface area contributed by atoms with Crippen LogP contribution in [-0.4, -0.2) is 50.6 Å². The van der Waals surface area contributed by atoms with Crippen molar-refractivity contribution in [3.63, 3.8) is 0 Å². The summed E-state index contributed by atoms with van der Waals surface area (Å²) in [6.07, 6.45) is 2.15. The van der Waals surface area contributed by atoms with Gasteiger partial charge in [0.1, 0.15) is 11.9 Å². The first-order valence-electron chi connectivity index (χ1n) is 9.35. The Labute approximate surface area is 158 Å². The van der Waals surface area contributed by atoms with Crippen molar-refractivity contribution >= 4 is 17.0 Å². The van der Waals surface area contributed by atoms with Gasteiger partial charge in [0.05, 0.1) is 42.0 Å². The second kappa shape index (κ2) is 7.94. The van der Waals surface area contributed by atoms with Crippen LogP contribution < -0.4 is 9.64 Å². The van der Waals surface area contributed by atoms with E-state index in [-0.39, 0.29) is 6.10 Å². The van der Waals surface area contributed by atoms with E-state index in [0.29, 0.717) is 0 Å². The number of aromatic nitrogens is 1. The van der Waals surface area contributed by atoms with Crippen molar-refractivity contribution in [1.29, 1.82) is 0 Å². The van der Waals surface area contributed by atoms with Gasteiger partial charge in [0.2, 0.25) is 0 Å². The maximum absolute atomic E-state index is 6.34. The molecule has 1 aromatic carbocycles. The number of benzene rings is 1. The van der Waals surface area contributed by atoms with Gasteiger partial charge in [0, 0.05) is 37.7 Å². The van der Waals surface area contributed by atoms with E-state index in [0.717, 1.165) is 68.8 Å². The van der Waals surface area contributed by atoms with E-state index in [4.69, 9.17) is 14.2 Å². The van der Waals surface area contributed by atoms with E-state index >= 15 is 0 Å². The Kier molecular flexibility index (Phi) is 5.43. The molecule has 0 N–H and O–H groups in total. The van der Waals surface area contributed by atoms with E-state index in [1.54, 1.807) is 11.3 Å². The van der Waals surface area contributed by atoms with Gasteiger partial charge in [-0.1, -0.05) is 0 Å². The molecular weight excluding hydrogens is 348 g/mol. The van der Waals surface area contributed by atoms with Crippen molar-refractivity contribution in [2.24, 2.45) is 0 Å². The van der Waals surface area contributed by atoms with Crippen molar-refractivity contribution in [1.82, 2.24) is 4.98 Å². The summed E-state index contributed by atoms with van der Waals surface area (Å²) in [7, 11) is 0. The van der Waals surface area contributed by atoms with Crippen LogP contribution in [0.1, 0.15) is 23.5 Å². The van der Waals surface area contributed by atoms with Crippen LogP contribution >= 0.6 is 11.3 Å². The van der Waals surface area contributed by atoms with E-state index in [1.807, 2.05) is 0 Å². The molecule has 5 nitrogen and oxygen atoms in total. The summed E-state index contributed by atoms with van der Waals surface area (Å²) in [6.45, 7) is 9.10. The van der Waals surface area contributed by atoms with Gasteiger partial charge >= 0.3 is 0 Å². The van der Waals surface area contributed by atoms with E-state index < -0.39 is 0 Å². The highest BCUT2D eigenvalue weighted by atomic mass is 32.1. The fraction of sp³-hybridized carbons (Fsp3) is 0.550. The summed E-state index contributed by atoms with van der Waals surface area (Å²) < 4.78 is 17.3. The molecule has 2 saturated heterocycles. The minimum absolute atomic E-state index is 0.237. The lowest BCUT2D eigenvalue weighted by Gasteiger charge is -2.30. The Morgan fingerprint density at radius 3 is 2.46 bits per heavy atom. The van der Waals surface area contributed by atoms with Crippen LogP contribution in [-0.2, 0) is 9.47 Å². The fourth-order valence-electron chi connectivity index (χ4n) is 3.57. The number of morpholine rings is 1. The van der Waals surface area contributed by atoms with Crippen LogP contribution in [0.3, 0.4) is 0 Å². The van der Waals surface area contributed by atoms with Crippen molar-refractivity contribution in [2.45, 2.75) is 32.8 Å². The molecule has 0 spiro atoms. The molecule has 0 radical (unpaired) electrons. The average molecular weight is 375 g/mol. The first kappa shape index (κ1) is 17.8. The maximum Gasteiger partial charge on any atom is 0.122 e. The summed E-state index contributed by atoms with van der Waals surface area (Å²) in [4.78, 5) is 8.22. The standard InChI is InChI=1S/C20H26N2O3S/c1-14-20(26-15(2)21-14)16-11-17(22-5-9-24-10-6-22)13-19(12-16)25-18-3-7-23-8-4-18/h11-13,18H,3-10H2,1-2H3. The minimum Gasteiger partial charge on any atom is -0.490 e. The van der Waals surface area contributed by atoms with Gasteiger partial charge in [-0.05, 0) is 31.5 Å². The predicted octanol–water partition coefficient (Wildman–Crippen LogP) is 3.82. The Hall–Kier alpha value is -1.63. The van der Waals surface area contributed by atoms with Crippen LogP contribution in [0, 0.1) is 13.8 Å². The normalized spacial score (nSPS) is 18.9. The van der Waals surface area contributed by atoms with Crippen molar-refractivity contribution < 1.29 is 14.2 Å². The SMILES string of the molecule is Cc1nc(C)c(-c2cc(OC3CCOCC3)cc(N3CCOCC3)c2)s1. The van der Waals surface area contributed by atoms with Crippen LogP contribution in [0.5, 0.6) is 5.75 Å². The minimum atomic E-state index is 0.237. The zero-order valence-corrected chi connectivity index (χ0v) is 16.3. The van der Waals surface area contributed by atoms with Crippen LogP contribution in [0.15, 0.2) is 18.2 Å². The van der Waals surface area contributed by atoms with Gasteiger partial charge < -0.3 is 19.1 Å². The number of ether oxygens (including phenoxy) is 3. The smallest absolute Gasteiger partial charge is 0.122 e. The molecule has 3 heterocycles. The van der Waals surface area contributed by atoms with Crippen molar-refractivity contribution in [2.75, 3.05) is 44.4 Å². The monoisotopic (exact) mass is 374 g/mol. The zero-order chi connectivity index (χ0) is 17.9. The molecule has 2 aromatic rings. The first-order valence-corrected chi connectivity index (χ1v) is 10.2. The fourth-order valence-corrected chi connectivity index (χ4v) is 4.48. The van der Waals surface area contributed by atoms with Gasteiger partial charge in [-0.3, -0.25) is 0 Å². The lowest BCUT2D eigenvalue weighted by Crippen LogP contribution is -2.36. The molecule has 0 atom stereocenters. The Balaban J connectivity index is 1.67. The molecular formula is C20H26N2O3S. The van der Waals surface area contributed by atoms with Crippen LogP contribution in [0.25, 0.3) is 10.4 Å². The first-order chi connectivity index (χ1) is 12.7. The Morgan fingerprint density at radius 2 is 1.77 bits per heavy atom. The van der Waals surface area contributed by atoms with Gasteiger partial charge in [-0.25, -0.2) is 4.98 Å². The molecule has 6 heteroatoms. The predicted molar refractivity (Wildman–Crippen MR) is 105 cm³/mol. The molecule has 0 saturated carbocycles. The molecule has 0 amide bonds. The number of hydrogen-bond acceptors (Lipinski definition) is 6. The van der Waals surface area contributed by atoms with Crippen molar-refractivity contribution in [3.05, 3.63) is 28.9 Å². The molecule has 26 heavy (non-hydrogen) atoms. The third-order valence-corrected chi connectivity index (χ3v) is 6.03. The van der Waals surface area contributed by atoms with E-state index in [1.165, 1.54) is 16.1 Å². The topological polar surface area (TPSA) is 43.8 Å². The van der Waals surface area contributed by atoms with Crippen molar-refractivity contribution in [3.8, 4) is 16.2 Å². The average Bonchev–Trinajstić information content (AvgIpc) is 3.01. The summed E-state index contributed by atoms with van der Waals surface area (Å²) in [5, 5.41) is 1.10. The lowest BCUT2D eigenvalue weighted by atomic mass is 10.1. The van der Waals surface area contributed by atoms with E-state index in [9.17, 15) is 0 Å². The maximum atomic E-state index is 6.34. The van der Waals surface area contributed by atoms with Crippen LogP contribution in [0.4, 0.5) is 5.69 Å². The van der Waals surface area contributed by atoms with Gasteiger partial charge in [-0.15, -0.1) is 11.3 Å². The van der Waals surface area contributed by atoms with Gasteiger partial charge in [-0.2, -0.15) is 0 Å². The molecule has 0 aliphatic carbocycles. The van der Waals surface area contributed by atoms with E-state index in [2.05, 4.69) is 41.9 Å².